The number of nitrogens with zero attached hydrogens (tertiary/aromatic N) is 1. The summed E-state index contributed by atoms with van der Waals surface area (Å²) in [7, 11) is 0. The number of rotatable bonds is 5. The van der Waals surface area contributed by atoms with Crippen LogP contribution in [0.2, 0.25) is 0 Å². The quantitative estimate of drug-likeness (QED) is 0.175. The van der Waals surface area contributed by atoms with Gasteiger partial charge < -0.3 is 9.32 Å². The van der Waals surface area contributed by atoms with Crippen molar-refractivity contribution >= 4 is 71.3 Å². The first-order chi connectivity index (χ1) is 24.8. The summed E-state index contributed by atoms with van der Waals surface area (Å²) in [5.74, 6) is 0. The zero-order valence-corrected chi connectivity index (χ0v) is 27.3. The fourth-order valence-electron chi connectivity index (χ4n) is 7.59. The van der Waals surface area contributed by atoms with Crippen LogP contribution < -0.4 is 4.90 Å². The van der Waals surface area contributed by atoms with E-state index in [4.69, 9.17) is 4.42 Å². The largest absolute Gasteiger partial charge is 0.454 e. The summed E-state index contributed by atoms with van der Waals surface area (Å²) in [6.45, 7) is 0. The molecule has 10 rings (SSSR count). The van der Waals surface area contributed by atoms with Crippen LogP contribution in [0.15, 0.2) is 192 Å². The molecule has 10 aromatic rings. The van der Waals surface area contributed by atoms with Crippen LogP contribution in [-0.2, 0) is 0 Å². The molecule has 0 unspecified atom stereocenters. The van der Waals surface area contributed by atoms with Crippen molar-refractivity contribution < 1.29 is 4.42 Å². The fraction of sp³-hybridized carbons (Fsp3) is 0. The topological polar surface area (TPSA) is 16.4 Å². The van der Waals surface area contributed by atoms with Gasteiger partial charge in [-0.2, -0.15) is 0 Å². The number of furan rings is 1. The minimum absolute atomic E-state index is 0.865. The molecule has 2 heteroatoms. The summed E-state index contributed by atoms with van der Waals surface area (Å²) in [5.41, 5.74) is 9.60. The van der Waals surface area contributed by atoms with Crippen LogP contribution in [0, 0.1) is 0 Å². The Hall–Kier alpha value is -6.64. The third-order valence-electron chi connectivity index (χ3n) is 10.0. The van der Waals surface area contributed by atoms with E-state index >= 15 is 0 Å². The van der Waals surface area contributed by atoms with Gasteiger partial charge in [0.2, 0.25) is 0 Å². The maximum absolute atomic E-state index is 6.83. The van der Waals surface area contributed by atoms with Crippen LogP contribution in [0.5, 0.6) is 0 Å². The second kappa shape index (κ2) is 11.5. The molecule has 9 aromatic carbocycles. The molecular weight excluding hydrogens is 607 g/mol. The first-order valence-corrected chi connectivity index (χ1v) is 17.1. The van der Waals surface area contributed by atoms with Gasteiger partial charge in [-0.25, -0.2) is 0 Å². The van der Waals surface area contributed by atoms with Crippen molar-refractivity contribution in [2.45, 2.75) is 0 Å². The number of para-hydroxylation sites is 1. The summed E-state index contributed by atoms with van der Waals surface area (Å²) in [6, 6.07) is 67.4. The van der Waals surface area contributed by atoms with E-state index in [0.717, 1.165) is 44.6 Å². The van der Waals surface area contributed by atoms with Gasteiger partial charge in [-0.15, -0.1) is 0 Å². The molecule has 0 amide bonds. The molecule has 0 atom stereocenters. The van der Waals surface area contributed by atoms with Gasteiger partial charge >= 0.3 is 0 Å². The summed E-state index contributed by atoms with van der Waals surface area (Å²) in [6.07, 6.45) is 0. The lowest BCUT2D eigenvalue weighted by molar-refractivity contribution is 0.669. The summed E-state index contributed by atoms with van der Waals surface area (Å²) >= 11 is 0. The molecule has 50 heavy (non-hydrogen) atoms. The molecule has 1 aromatic heterocycles. The molecule has 0 bridgehead atoms. The maximum Gasteiger partial charge on any atom is 0.159 e. The molecule has 0 fully saturated rings. The fourth-order valence-corrected chi connectivity index (χ4v) is 7.59. The molecule has 234 valence electrons. The van der Waals surface area contributed by atoms with Crippen molar-refractivity contribution in [2.24, 2.45) is 0 Å². The number of anilines is 3. The van der Waals surface area contributed by atoms with Gasteiger partial charge in [0.05, 0.1) is 5.69 Å². The number of hydrogen-bond donors (Lipinski definition) is 0. The molecule has 0 radical (unpaired) electrons. The zero-order valence-electron chi connectivity index (χ0n) is 27.3. The lowest BCUT2D eigenvalue weighted by Gasteiger charge is -2.26. The number of hydrogen-bond acceptors (Lipinski definition) is 2. The van der Waals surface area contributed by atoms with Crippen LogP contribution in [0.1, 0.15) is 0 Å². The van der Waals surface area contributed by atoms with Crippen LogP contribution in [-0.4, -0.2) is 0 Å². The molecule has 2 nitrogen and oxygen atoms in total. The first-order valence-electron chi connectivity index (χ1n) is 17.1. The summed E-state index contributed by atoms with van der Waals surface area (Å²) in [5, 5.41) is 9.62. The van der Waals surface area contributed by atoms with Crippen LogP contribution >= 0.6 is 0 Å². The van der Waals surface area contributed by atoms with Gasteiger partial charge in [0, 0.05) is 22.1 Å². The van der Waals surface area contributed by atoms with E-state index in [2.05, 4.69) is 187 Å². The standard InChI is InChI=1S/C48H31NO/c1-2-10-32(11-3-1)37-25-29-43-44-18-9-19-46(48(44)50-47(43)30-37)49(39-28-24-36-21-20-34-13-5-7-16-42(34)45(36)31-39)38-26-22-35(23-27-38)41-17-8-14-33-12-4-6-15-40(33)41/h1-31H. The van der Waals surface area contributed by atoms with Crippen molar-refractivity contribution in [3.05, 3.63) is 188 Å². The molecule has 0 saturated heterocycles. The SMILES string of the molecule is c1ccc(-c2ccc3c(c2)oc2c(N(c4ccc(-c5cccc6ccccc56)cc4)c4ccc5ccc6ccccc6c5c4)cccc23)cc1. The van der Waals surface area contributed by atoms with Crippen LogP contribution in [0.25, 0.3) is 76.5 Å². The Balaban J connectivity index is 1.18. The Labute approximate surface area is 290 Å². The monoisotopic (exact) mass is 637 g/mol. The van der Waals surface area contributed by atoms with E-state index < -0.39 is 0 Å². The lowest BCUT2D eigenvalue weighted by atomic mass is 9.98. The van der Waals surface area contributed by atoms with Crippen molar-refractivity contribution in [3.8, 4) is 22.3 Å². The van der Waals surface area contributed by atoms with E-state index in [1.807, 2.05) is 6.07 Å². The smallest absolute Gasteiger partial charge is 0.159 e. The van der Waals surface area contributed by atoms with E-state index in [9.17, 15) is 0 Å². The molecule has 0 aliphatic rings. The molecule has 0 spiro atoms. The highest BCUT2D eigenvalue weighted by molar-refractivity contribution is 6.12. The number of fused-ring (bicyclic) bond motifs is 7. The summed E-state index contributed by atoms with van der Waals surface area (Å²) < 4.78 is 6.83. The Morgan fingerprint density at radius 1 is 0.340 bits per heavy atom. The van der Waals surface area contributed by atoms with Gasteiger partial charge in [-0.05, 0) is 97.0 Å². The lowest BCUT2D eigenvalue weighted by Crippen LogP contribution is -2.10. The normalized spacial score (nSPS) is 11.6. The van der Waals surface area contributed by atoms with Gasteiger partial charge in [0.25, 0.3) is 0 Å². The highest BCUT2D eigenvalue weighted by Gasteiger charge is 2.20. The summed E-state index contributed by atoms with van der Waals surface area (Å²) in [4.78, 5) is 2.34. The average molecular weight is 638 g/mol. The second-order valence-electron chi connectivity index (χ2n) is 12.9. The molecular formula is C48H31NO. The molecule has 0 aliphatic heterocycles. The molecule has 1 heterocycles. The predicted octanol–water partition coefficient (Wildman–Crippen LogP) is 13.8. The van der Waals surface area contributed by atoms with Crippen molar-refractivity contribution in [2.75, 3.05) is 4.90 Å². The third-order valence-corrected chi connectivity index (χ3v) is 10.0. The zero-order chi connectivity index (χ0) is 33.0. The second-order valence-corrected chi connectivity index (χ2v) is 12.9. The Morgan fingerprint density at radius 2 is 0.960 bits per heavy atom. The van der Waals surface area contributed by atoms with E-state index in [-0.39, 0.29) is 0 Å². The van der Waals surface area contributed by atoms with E-state index in [1.165, 1.54) is 49.0 Å². The minimum Gasteiger partial charge on any atom is -0.454 e. The Bertz CT molecular complexity index is 2860. The van der Waals surface area contributed by atoms with Crippen molar-refractivity contribution in [3.63, 3.8) is 0 Å². The molecule has 0 saturated carbocycles. The van der Waals surface area contributed by atoms with Gasteiger partial charge in [0.1, 0.15) is 5.58 Å². The minimum atomic E-state index is 0.865. The van der Waals surface area contributed by atoms with Crippen molar-refractivity contribution in [1.29, 1.82) is 0 Å². The first kappa shape index (κ1) is 28.4. The molecule has 0 N–H and O–H groups in total. The highest BCUT2D eigenvalue weighted by Crippen LogP contribution is 2.44. The van der Waals surface area contributed by atoms with E-state index in [0.29, 0.717) is 0 Å². The van der Waals surface area contributed by atoms with Crippen molar-refractivity contribution in [1.82, 2.24) is 0 Å². The maximum atomic E-state index is 6.83. The van der Waals surface area contributed by atoms with E-state index in [1.54, 1.807) is 0 Å². The number of benzene rings is 9. The predicted molar refractivity (Wildman–Crippen MR) is 212 cm³/mol. The van der Waals surface area contributed by atoms with Gasteiger partial charge in [-0.3, -0.25) is 0 Å². The molecule has 0 aliphatic carbocycles. The average Bonchev–Trinajstić information content (AvgIpc) is 3.57. The van der Waals surface area contributed by atoms with Crippen LogP contribution in [0.3, 0.4) is 0 Å². The third kappa shape index (κ3) is 4.65. The van der Waals surface area contributed by atoms with Gasteiger partial charge in [-0.1, -0.05) is 146 Å². The Kier molecular flexibility index (Phi) is 6.53. The van der Waals surface area contributed by atoms with Gasteiger partial charge in [0.15, 0.2) is 5.58 Å². The highest BCUT2D eigenvalue weighted by atomic mass is 16.3. The van der Waals surface area contributed by atoms with Crippen LogP contribution in [0.4, 0.5) is 17.1 Å². The Morgan fingerprint density at radius 3 is 1.80 bits per heavy atom.